The lowest BCUT2D eigenvalue weighted by molar-refractivity contribution is -0.139. The molecule has 0 bridgehead atoms. The highest BCUT2D eigenvalue weighted by Gasteiger charge is 2.13. The molecule has 0 spiro atoms. The number of carbonyl (C=O) groups excluding carboxylic acids is 1. The summed E-state index contributed by atoms with van der Waals surface area (Å²) in [6, 6.07) is 13.8. The summed E-state index contributed by atoms with van der Waals surface area (Å²) >= 11 is 0. The SMILES string of the molecule is C=C(C)c1cc(COc2ccccc2CC(=O)OC)cc2cc(CCC)oc12. The molecule has 0 amide bonds. The number of aryl methyl sites for hydroxylation is 1. The Bertz CT molecular complexity index is 997. The molecule has 4 nitrogen and oxygen atoms in total. The Morgan fingerprint density at radius 2 is 1.96 bits per heavy atom. The maximum atomic E-state index is 11.6. The minimum absolute atomic E-state index is 0.185. The predicted molar refractivity (Wildman–Crippen MR) is 111 cm³/mol. The third-order valence-electron chi connectivity index (χ3n) is 4.61. The van der Waals surface area contributed by atoms with Gasteiger partial charge in [-0.25, -0.2) is 0 Å². The van der Waals surface area contributed by atoms with Crippen LogP contribution in [0.25, 0.3) is 16.5 Å². The molecular weight excluding hydrogens is 352 g/mol. The first-order valence-electron chi connectivity index (χ1n) is 9.50. The van der Waals surface area contributed by atoms with Crippen LogP contribution in [0.15, 0.2) is 53.5 Å². The van der Waals surface area contributed by atoms with Crippen LogP contribution in [0.1, 0.15) is 42.7 Å². The first-order chi connectivity index (χ1) is 13.5. The monoisotopic (exact) mass is 378 g/mol. The molecule has 146 valence electrons. The van der Waals surface area contributed by atoms with Crippen LogP contribution < -0.4 is 4.74 Å². The highest BCUT2D eigenvalue weighted by atomic mass is 16.5. The van der Waals surface area contributed by atoms with Gasteiger partial charge in [-0.3, -0.25) is 4.79 Å². The molecule has 28 heavy (non-hydrogen) atoms. The van der Waals surface area contributed by atoms with E-state index < -0.39 is 0 Å². The topological polar surface area (TPSA) is 48.7 Å². The molecule has 1 aromatic heterocycles. The van der Waals surface area contributed by atoms with Gasteiger partial charge in [-0.15, -0.1) is 0 Å². The van der Waals surface area contributed by atoms with Crippen LogP contribution in [-0.2, 0) is 29.0 Å². The number of esters is 1. The number of allylic oxidation sites excluding steroid dienone is 1. The molecule has 3 rings (SSSR count). The van der Waals surface area contributed by atoms with E-state index in [0.717, 1.165) is 51.8 Å². The van der Waals surface area contributed by atoms with Gasteiger partial charge in [0.05, 0.1) is 13.5 Å². The lowest BCUT2D eigenvalue weighted by Crippen LogP contribution is -2.07. The van der Waals surface area contributed by atoms with Crippen LogP contribution in [0.3, 0.4) is 0 Å². The number of benzene rings is 2. The van der Waals surface area contributed by atoms with Gasteiger partial charge in [-0.1, -0.05) is 31.7 Å². The molecule has 0 fully saturated rings. The number of rotatable bonds is 8. The molecule has 0 saturated carbocycles. The van der Waals surface area contributed by atoms with Gasteiger partial charge in [0.2, 0.25) is 0 Å². The average molecular weight is 378 g/mol. The van der Waals surface area contributed by atoms with E-state index in [9.17, 15) is 4.79 Å². The third kappa shape index (κ3) is 4.45. The van der Waals surface area contributed by atoms with E-state index in [4.69, 9.17) is 13.9 Å². The summed E-state index contributed by atoms with van der Waals surface area (Å²) < 4.78 is 16.8. The van der Waals surface area contributed by atoms with Crippen molar-refractivity contribution in [3.05, 3.63) is 71.5 Å². The van der Waals surface area contributed by atoms with Crippen LogP contribution in [0, 0.1) is 0 Å². The second-order valence-corrected chi connectivity index (χ2v) is 6.95. The predicted octanol–water partition coefficient (Wildman–Crippen LogP) is 5.71. The zero-order chi connectivity index (χ0) is 20.1. The standard InChI is InChI=1S/C24H26O4/c1-5-8-20-13-19-11-17(12-21(16(2)3)24(19)28-20)15-27-22-10-7-6-9-18(22)14-23(25)26-4/h6-7,9-13H,2,5,8,14-15H2,1,3-4H3. The fourth-order valence-corrected chi connectivity index (χ4v) is 3.22. The van der Waals surface area contributed by atoms with Crippen LogP contribution >= 0.6 is 0 Å². The van der Waals surface area contributed by atoms with Gasteiger partial charge in [0, 0.05) is 22.9 Å². The Labute approximate surface area is 165 Å². The fourth-order valence-electron chi connectivity index (χ4n) is 3.22. The van der Waals surface area contributed by atoms with E-state index >= 15 is 0 Å². The van der Waals surface area contributed by atoms with Crippen LogP contribution in [0.4, 0.5) is 0 Å². The van der Waals surface area contributed by atoms with Gasteiger partial charge < -0.3 is 13.9 Å². The second-order valence-electron chi connectivity index (χ2n) is 6.95. The quantitative estimate of drug-likeness (QED) is 0.471. The largest absolute Gasteiger partial charge is 0.489 e. The van der Waals surface area contributed by atoms with Crippen LogP contribution in [0.5, 0.6) is 5.75 Å². The number of carbonyl (C=O) groups is 1. The highest BCUT2D eigenvalue weighted by molar-refractivity contribution is 5.90. The Morgan fingerprint density at radius 3 is 2.68 bits per heavy atom. The second kappa shape index (κ2) is 8.79. The molecule has 3 aromatic rings. The molecule has 0 aliphatic heterocycles. The number of hydrogen-bond donors (Lipinski definition) is 0. The number of methoxy groups -OCH3 is 1. The van der Waals surface area contributed by atoms with Crippen molar-refractivity contribution in [2.75, 3.05) is 7.11 Å². The van der Waals surface area contributed by atoms with E-state index in [0.29, 0.717) is 12.4 Å². The molecule has 0 saturated heterocycles. The molecule has 0 atom stereocenters. The third-order valence-corrected chi connectivity index (χ3v) is 4.61. The normalized spacial score (nSPS) is 10.8. The smallest absolute Gasteiger partial charge is 0.310 e. The van der Waals surface area contributed by atoms with Crippen LogP contribution in [-0.4, -0.2) is 13.1 Å². The summed E-state index contributed by atoms with van der Waals surface area (Å²) in [4.78, 5) is 11.6. The summed E-state index contributed by atoms with van der Waals surface area (Å²) in [5.41, 5.74) is 4.67. The highest BCUT2D eigenvalue weighted by Crippen LogP contribution is 2.30. The van der Waals surface area contributed by atoms with Gasteiger partial charge in [-0.05, 0) is 48.7 Å². The Hall–Kier alpha value is -3.01. The Balaban J connectivity index is 1.87. The molecule has 0 radical (unpaired) electrons. The number of fused-ring (bicyclic) bond motifs is 1. The van der Waals surface area contributed by atoms with Gasteiger partial charge in [0.25, 0.3) is 0 Å². The summed E-state index contributed by atoms with van der Waals surface area (Å²) in [7, 11) is 1.39. The minimum atomic E-state index is -0.288. The Morgan fingerprint density at radius 1 is 1.18 bits per heavy atom. The van der Waals surface area contributed by atoms with Crippen LogP contribution in [0.2, 0.25) is 0 Å². The zero-order valence-corrected chi connectivity index (χ0v) is 16.7. The number of para-hydroxylation sites is 1. The van der Waals surface area contributed by atoms with E-state index in [1.165, 1.54) is 7.11 Å². The first kappa shape index (κ1) is 19.7. The molecule has 4 heteroatoms. The molecular formula is C24H26O4. The summed E-state index contributed by atoms with van der Waals surface area (Å²) in [6.45, 7) is 8.60. The van der Waals surface area contributed by atoms with Crippen molar-refractivity contribution in [3.8, 4) is 5.75 Å². The number of furan rings is 1. The Kier molecular flexibility index (Phi) is 6.19. The van der Waals surface area contributed by atoms with Crippen molar-refractivity contribution in [1.82, 2.24) is 0 Å². The first-order valence-corrected chi connectivity index (χ1v) is 9.50. The summed E-state index contributed by atoms with van der Waals surface area (Å²) in [6.07, 6.45) is 2.14. The van der Waals surface area contributed by atoms with Gasteiger partial charge in [0.1, 0.15) is 23.7 Å². The van der Waals surface area contributed by atoms with Crippen molar-refractivity contribution in [2.45, 2.75) is 39.7 Å². The van der Waals surface area contributed by atoms with Gasteiger partial charge in [-0.2, -0.15) is 0 Å². The minimum Gasteiger partial charge on any atom is -0.489 e. The van der Waals surface area contributed by atoms with Gasteiger partial charge in [0.15, 0.2) is 0 Å². The summed E-state index contributed by atoms with van der Waals surface area (Å²) in [5, 5.41) is 1.06. The number of ether oxygens (including phenoxy) is 2. The summed E-state index contributed by atoms with van der Waals surface area (Å²) in [5.74, 6) is 1.38. The van der Waals surface area contributed by atoms with E-state index in [1.54, 1.807) is 0 Å². The van der Waals surface area contributed by atoms with E-state index in [2.05, 4.69) is 31.7 Å². The molecule has 0 unspecified atom stereocenters. The van der Waals surface area contributed by atoms with Crippen molar-refractivity contribution in [1.29, 1.82) is 0 Å². The van der Waals surface area contributed by atoms with E-state index in [1.807, 2.05) is 31.2 Å². The van der Waals surface area contributed by atoms with Crippen molar-refractivity contribution < 1.29 is 18.7 Å². The van der Waals surface area contributed by atoms with Crippen molar-refractivity contribution in [2.24, 2.45) is 0 Å². The van der Waals surface area contributed by atoms with Gasteiger partial charge >= 0.3 is 5.97 Å². The van der Waals surface area contributed by atoms with Crippen molar-refractivity contribution >= 4 is 22.5 Å². The fraction of sp³-hybridized carbons (Fsp3) is 0.292. The zero-order valence-electron chi connectivity index (χ0n) is 16.7. The molecule has 2 aromatic carbocycles. The maximum absolute atomic E-state index is 11.6. The molecule has 0 aliphatic carbocycles. The molecule has 0 N–H and O–H groups in total. The number of hydrogen-bond acceptors (Lipinski definition) is 4. The lowest BCUT2D eigenvalue weighted by atomic mass is 10.0. The van der Waals surface area contributed by atoms with E-state index in [-0.39, 0.29) is 12.4 Å². The van der Waals surface area contributed by atoms with Crippen molar-refractivity contribution in [3.63, 3.8) is 0 Å². The average Bonchev–Trinajstić information content (AvgIpc) is 3.09. The molecule has 1 heterocycles. The maximum Gasteiger partial charge on any atom is 0.310 e. The lowest BCUT2D eigenvalue weighted by Gasteiger charge is -2.12. The molecule has 0 aliphatic rings.